The molecule has 0 unspecified atom stereocenters. The summed E-state index contributed by atoms with van der Waals surface area (Å²) in [6, 6.07) is 3.35. The molecule has 2 fully saturated rings. The van der Waals surface area contributed by atoms with E-state index in [0.29, 0.717) is 12.5 Å². The maximum absolute atomic E-state index is 13.6. The first-order chi connectivity index (χ1) is 11.5. The van der Waals surface area contributed by atoms with Crippen molar-refractivity contribution in [1.29, 1.82) is 0 Å². The van der Waals surface area contributed by atoms with E-state index in [1.807, 2.05) is 0 Å². The normalized spacial score (nSPS) is 23.6. The predicted molar refractivity (Wildman–Crippen MR) is 85.1 cm³/mol. The van der Waals surface area contributed by atoms with Crippen LogP contribution < -0.4 is 10.6 Å². The molecule has 4 nitrogen and oxygen atoms in total. The van der Waals surface area contributed by atoms with E-state index in [1.54, 1.807) is 0 Å². The van der Waals surface area contributed by atoms with Gasteiger partial charge in [0.1, 0.15) is 11.6 Å². The van der Waals surface area contributed by atoms with Crippen molar-refractivity contribution in [3.05, 3.63) is 35.4 Å². The van der Waals surface area contributed by atoms with Crippen LogP contribution in [-0.4, -0.2) is 23.9 Å². The number of halogens is 2. The van der Waals surface area contributed by atoms with Gasteiger partial charge in [-0.15, -0.1) is 0 Å². The minimum Gasteiger partial charge on any atom is -0.353 e. The van der Waals surface area contributed by atoms with E-state index in [0.717, 1.165) is 50.3 Å². The van der Waals surface area contributed by atoms with Gasteiger partial charge in [0, 0.05) is 23.6 Å². The number of rotatable bonds is 5. The van der Waals surface area contributed by atoms with Crippen LogP contribution in [0.5, 0.6) is 0 Å². The number of hydrogen-bond acceptors (Lipinski definition) is 2. The number of carbonyl (C=O) groups is 2. The molecule has 0 heterocycles. The van der Waals surface area contributed by atoms with E-state index < -0.39 is 11.6 Å². The van der Waals surface area contributed by atoms with Gasteiger partial charge in [-0.1, -0.05) is 6.42 Å². The fraction of sp³-hybridized carbons (Fsp3) is 0.556. The van der Waals surface area contributed by atoms with Crippen LogP contribution in [0.2, 0.25) is 0 Å². The fourth-order valence-electron chi connectivity index (χ4n) is 3.24. The number of benzene rings is 1. The van der Waals surface area contributed by atoms with Gasteiger partial charge in [0.2, 0.25) is 11.8 Å². The molecule has 2 atom stereocenters. The largest absolute Gasteiger partial charge is 0.353 e. The topological polar surface area (TPSA) is 58.2 Å². The highest BCUT2D eigenvalue weighted by atomic mass is 19.1. The summed E-state index contributed by atoms with van der Waals surface area (Å²) in [7, 11) is 0. The van der Waals surface area contributed by atoms with Crippen molar-refractivity contribution in [2.24, 2.45) is 5.92 Å². The van der Waals surface area contributed by atoms with Gasteiger partial charge in [0.15, 0.2) is 0 Å². The lowest BCUT2D eigenvalue weighted by molar-refractivity contribution is -0.127. The van der Waals surface area contributed by atoms with Gasteiger partial charge >= 0.3 is 0 Å². The van der Waals surface area contributed by atoms with Crippen LogP contribution in [0.15, 0.2) is 18.2 Å². The molecule has 0 radical (unpaired) electrons. The molecule has 6 heteroatoms. The van der Waals surface area contributed by atoms with Crippen molar-refractivity contribution >= 4 is 11.8 Å². The third-order valence-corrected chi connectivity index (χ3v) is 4.69. The molecule has 2 aliphatic rings. The molecule has 0 aromatic heterocycles. The molecule has 2 saturated carbocycles. The van der Waals surface area contributed by atoms with Crippen molar-refractivity contribution < 1.29 is 18.4 Å². The maximum atomic E-state index is 13.6. The first-order valence-corrected chi connectivity index (χ1v) is 8.55. The zero-order valence-corrected chi connectivity index (χ0v) is 13.5. The van der Waals surface area contributed by atoms with Gasteiger partial charge in [0.25, 0.3) is 0 Å². The van der Waals surface area contributed by atoms with Crippen molar-refractivity contribution in [1.82, 2.24) is 10.6 Å². The third-order valence-electron chi connectivity index (χ3n) is 4.69. The van der Waals surface area contributed by atoms with Crippen LogP contribution in [0.3, 0.4) is 0 Å². The summed E-state index contributed by atoms with van der Waals surface area (Å²) in [6.45, 7) is 0. The monoisotopic (exact) mass is 336 g/mol. The Balaban J connectivity index is 1.51. The smallest absolute Gasteiger partial charge is 0.224 e. The van der Waals surface area contributed by atoms with Crippen LogP contribution in [0.4, 0.5) is 8.78 Å². The first-order valence-electron chi connectivity index (χ1n) is 8.55. The summed E-state index contributed by atoms with van der Waals surface area (Å²) in [5.41, 5.74) is 0.0475. The first kappa shape index (κ1) is 16.9. The van der Waals surface area contributed by atoms with Crippen molar-refractivity contribution in [2.45, 2.75) is 57.0 Å². The van der Waals surface area contributed by atoms with Crippen LogP contribution in [0.25, 0.3) is 0 Å². The maximum Gasteiger partial charge on any atom is 0.224 e. The molecule has 0 spiro atoms. The fourth-order valence-corrected chi connectivity index (χ4v) is 3.24. The molecule has 2 amide bonds. The zero-order valence-electron chi connectivity index (χ0n) is 13.5. The molecule has 3 rings (SSSR count). The van der Waals surface area contributed by atoms with Crippen LogP contribution in [0.1, 0.15) is 44.1 Å². The Bertz CT molecular complexity index is 631. The average molecular weight is 336 g/mol. The second-order valence-electron chi connectivity index (χ2n) is 6.82. The standard InChI is InChI=1S/C18H22F2N2O2/c19-13-4-7-16(20)12(8-13)10-17(23)21-15-3-1-2-11(9-15)18(24)22-14-5-6-14/h4,7-8,11,14-15H,1-3,5-6,9-10H2,(H,21,23)(H,22,24)/t11-,15+/m0/s1. The SMILES string of the molecule is O=C(Cc1cc(F)ccc1F)N[C@@H]1CCC[C@H](C(=O)NC2CC2)C1. The van der Waals surface area contributed by atoms with Gasteiger partial charge in [-0.05, 0) is 50.3 Å². The number of amides is 2. The summed E-state index contributed by atoms with van der Waals surface area (Å²) >= 11 is 0. The molecule has 1 aromatic carbocycles. The van der Waals surface area contributed by atoms with E-state index in [1.165, 1.54) is 0 Å². The molecule has 0 saturated heterocycles. The number of nitrogens with one attached hydrogen (secondary N) is 2. The average Bonchev–Trinajstić information content (AvgIpc) is 3.35. The Labute approximate surface area is 140 Å². The van der Waals surface area contributed by atoms with Crippen molar-refractivity contribution in [3.63, 3.8) is 0 Å². The van der Waals surface area contributed by atoms with E-state index in [-0.39, 0.29) is 35.8 Å². The van der Waals surface area contributed by atoms with Gasteiger partial charge in [-0.3, -0.25) is 9.59 Å². The van der Waals surface area contributed by atoms with Crippen LogP contribution in [0, 0.1) is 17.6 Å². The van der Waals surface area contributed by atoms with E-state index in [9.17, 15) is 18.4 Å². The number of carbonyl (C=O) groups excluding carboxylic acids is 2. The molecule has 2 aliphatic carbocycles. The van der Waals surface area contributed by atoms with E-state index >= 15 is 0 Å². The summed E-state index contributed by atoms with van der Waals surface area (Å²) in [6.07, 6.45) is 5.04. The third kappa shape index (κ3) is 4.52. The van der Waals surface area contributed by atoms with Gasteiger partial charge in [-0.25, -0.2) is 8.78 Å². The Morgan fingerprint density at radius 3 is 2.58 bits per heavy atom. The Morgan fingerprint density at radius 2 is 1.83 bits per heavy atom. The molecular weight excluding hydrogens is 314 g/mol. The molecule has 24 heavy (non-hydrogen) atoms. The summed E-state index contributed by atoms with van der Waals surface area (Å²) in [4.78, 5) is 24.2. The minimum atomic E-state index is -0.586. The Kier molecular flexibility index (Phi) is 5.11. The summed E-state index contributed by atoms with van der Waals surface area (Å²) in [5, 5.41) is 5.87. The van der Waals surface area contributed by atoms with E-state index in [4.69, 9.17) is 0 Å². The minimum absolute atomic E-state index is 0.0475. The molecule has 2 N–H and O–H groups in total. The second-order valence-corrected chi connectivity index (χ2v) is 6.82. The molecule has 130 valence electrons. The van der Waals surface area contributed by atoms with Crippen molar-refractivity contribution in [2.75, 3.05) is 0 Å². The lowest BCUT2D eigenvalue weighted by atomic mass is 9.85. The van der Waals surface area contributed by atoms with Gasteiger partial charge < -0.3 is 10.6 Å². The quantitative estimate of drug-likeness (QED) is 0.868. The van der Waals surface area contributed by atoms with Crippen LogP contribution >= 0.6 is 0 Å². The highest BCUT2D eigenvalue weighted by molar-refractivity contribution is 5.80. The molecule has 0 bridgehead atoms. The predicted octanol–water partition coefficient (Wildman–Crippen LogP) is 2.46. The van der Waals surface area contributed by atoms with Crippen molar-refractivity contribution in [3.8, 4) is 0 Å². The summed E-state index contributed by atoms with van der Waals surface area (Å²) in [5.74, 6) is -1.48. The van der Waals surface area contributed by atoms with E-state index in [2.05, 4.69) is 10.6 Å². The summed E-state index contributed by atoms with van der Waals surface area (Å²) < 4.78 is 26.8. The molecular formula is C18H22F2N2O2. The van der Waals surface area contributed by atoms with Gasteiger partial charge in [-0.2, -0.15) is 0 Å². The van der Waals surface area contributed by atoms with Gasteiger partial charge in [0.05, 0.1) is 6.42 Å². The van der Waals surface area contributed by atoms with Crippen LogP contribution in [-0.2, 0) is 16.0 Å². The lowest BCUT2D eigenvalue weighted by Crippen LogP contribution is -2.43. The zero-order chi connectivity index (χ0) is 17.1. The highest BCUT2D eigenvalue weighted by Crippen LogP contribution is 2.27. The molecule has 0 aliphatic heterocycles. The highest BCUT2D eigenvalue weighted by Gasteiger charge is 2.31. The Morgan fingerprint density at radius 1 is 1.04 bits per heavy atom. The number of hydrogen-bond donors (Lipinski definition) is 2. The second kappa shape index (κ2) is 7.28. The lowest BCUT2D eigenvalue weighted by Gasteiger charge is -2.29. The molecule has 1 aromatic rings. The Hall–Kier alpha value is -1.98.